The summed E-state index contributed by atoms with van der Waals surface area (Å²) in [5.41, 5.74) is 0.662. The Kier molecular flexibility index (Phi) is 3.84. The summed E-state index contributed by atoms with van der Waals surface area (Å²) in [5, 5.41) is 3.13. The molecule has 4 heteroatoms. The van der Waals surface area contributed by atoms with E-state index in [1.807, 2.05) is 31.0 Å². The van der Waals surface area contributed by atoms with E-state index in [4.69, 9.17) is 0 Å². The number of pyridine rings is 1. The first-order valence-electron chi connectivity index (χ1n) is 6.57. The van der Waals surface area contributed by atoms with Crippen molar-refractivity contribution in [3.8, 4) is 0 Å². The van der Waals surface area contributed by atoms with Crippen LogP contribution in [-0.2, 0) is 0 Å². The number of aromatic nitrogens is 1. The van der Waals surface area contributed by atoms with E-state index in [1.54, 1.807) is 6.20 Å². The van der Waals surface area contributed by atoms with Crippen LogP contribution in [0.2, 0.25) is 0 Å². The fourth-order valence-electron chi connectivity index (χ4n) is 2.18. The Bertz CT molecular complexity index is 433. The highest BCUT2D eigenvalue weighted by atomic mass is 16.2. The van der Waals surface area contributed by atoms with Crippen LogP contribution in [0.25, 0.3) is 0 Å². The van der Waals surface area contributed by atoms with Gasteiger partial charge in [-0.3, -0.25) is 4.79 Å². The molecule has 0 aliphatic heterocycles. The van der Waals surface area contributed by atoms with Crippen LogP contribution in [0.1, 0.15) is 30.6 Å². The molecule has 1 N–H and O–H groups in total. The van der Waals surface area contributed by atoms with Gasteiger partial charge in [0.15, 0.2) is 0 Å². The van der Waals surface area contributed by atoms with Crippen LogP contribution >= 0.6 is 0 Å². The molecule has 2 rings (SSSR count). The van der Waals surface area contributed by atoms with Gasteiger partial charge in [0, 0.05) is 26.3 Å². The molecular weight excluding hydrogens is 226 g/mol. The van der Waals surface area contributed by atoms with E-state index in [0.29, 0.717) is 17.3 Å². The number of carbonyl (C=O) groups is 1. The molecule has 0 aromatic carbocycles. The van der Waals surface area contributed by atoms with E-state index >= 15 is 0 Å². The maximum absolute atomic E-state index is 12.4. The van der Waals surface area contributed by atoms with Crippen molar-refractivity contribution in [2.75, 3.05) is 25.5 Å². The maximum Gasteiger partial charge on any atom is 0.257 e. The fraction of sp³-hybridized carbons (Fsp3) is 0.571. The van der Waals surface area contributed by atoms with Gasteiger partial charge in [0.25, 0.3) is 5.91 Å². The highest BCUT2D eigenvalue weighted by Crippen LogP contribution is 2.38. The summed E-state index contributed by atoms with van der Waals surface area (Å²) < 4.78 is 0. The van der Waals surface area contributed by atoms with Gasteiger partial charge in [0.05, 0.1) is 5.56 Å². The van der Waals surface area contributed by atoms with Gasteiger partial charge in [0.1, 0.15) is 5.82 Å². The van der Waals surface area contributed by atoms with Crippen molar-refractivity contribution < 1.29 is 4.79 Å². The van der Waals surface area contributed by atoms with Gasteiger partial charge in [0.2, 0.25) is 0 Å². The van der Waals surface area contributed by atoms with Crippen LogP contribution in [0.4, 0.5) is 5.82 Å². The van der Waals surface area contributed by atoms with Gasteiger partial charge in [-0.15, -0.1) is 0 Å². The molecule has 1 aromatic rings. The molecule has 1 aliphatic rings. The van der Waals surface area contributed by atoms with Crippen LogP contribution in [0, 0.1) is 11.8 Å². The molecule has 18 heavy (non-hydrogen) atoms. The van der Waals surface area contributed by atoms with E-state index in [0.717, 1.165) is 19.0 Å². The smallest absolute Gasteiger partial charge is 0.257 e. The second kappa shape index (κ2) is 5.38. The molecule has 98 valence electrons. The summed E-state index contributed by atoms with van der Waals surface area (Å²) in [6, 6.07) is 3.64. The predicted molar refractivity (Wildman–Crippen MR) is 72.6 cm³/mol. The molecule has 1 amide bonds. The van der Waals surface area contributed by atoms with Crippen molar-refractivity contribution in [2.24, 2.45) is 11.8 Å². The number of rotatable bonds is 5. The van der Waals surface area contributed by atoms with Crippen LogP contribution in [0.15, 0.2) is 18.3 Å². The number of amides is 1. The predicted octanol–water partition coefficient (Wildman–Crippen LogP) is 2.24. The number of anilines is 1. The highest BCUT2D eigenvalue weighted by molar-refractivity contribution is 5.98. The van der Waals surface area contributed by atoms with Crippen LogP contribution in [-0.4, -0.2) is 35.9 Å². The SMILES string of the molecule is CCNc1ncccc1C(=O)N(C)CC1CC1C. The largest absolute Gasteiger partial charge is 0.370 e. The maximum atomic E-state index is 12.4. The van der Waals surface area contributed by atoms with Crippen molar-refractivity contribution in [1.29, 1.82) is 0 Å². The summed E-state index contributed by atoms with van der Waals surface area (Å²) in [5.74, 6) is 2.18. The second-order valence-electron chi connectivity index (χ2n) is 5.09. The summed E-state index contributed by atoms with van der Waals surface area (Å²) in [4.78, 5) is 18.4. The molecular formula is C14H21N3O. The van der Waals surface area contributed by atoms with Crippen LogP contribution in [0.3, 0.4) is 0 Å². The minimum absolute atomic E-state index is 0.0538. The third-order valence-corrected chi connectivity index (χ3v) is 3.51. The van der Waals surface area contributed by atoms with Crippen molar-refractivity contribution in [1.82, 2.24) is 9.88 Å². The molecule has 0 radical (unpaired) electrons. The van der Waals surface area contributed by atoms with Crippen LogP contribution in [0.5, 0.6) is 0 Å². The number of hydrogen-bond donors (Lipinski definition) is 1. The molecule has 0 spiro atoms. The Morgan fingerprint density at radius 2 is 2.33 bits per heavy atom. The van der Waals surface area contributed by atoms with Gasteiger partial charge >= 0.3 is 0 Å². The Labute approximate surface area is 108 Å². The van der Waals surface area contributed by atoms with E-state index in [-0.39, 0.29) is 5.91 Å². The fourth-order valence-corrected chi connectivity index (χ4v) is 2.18. The zero-order valence-electron chi connectivity index (χ0n) is 11.3. The lowest BCUT2D eigenvalue weighted by Crippen LogP contribution is -2.30. The average Bonchev–Trinajstić information content (AvgIpc) is 3.05. The first-order valence-corrected chi connectivity index (χ1v) is 6.57. The molecule has 2 unspecified atom stereocenters. The zero-order chi connectivity index (χ0) is 13.1. The van der Waals surface area contributed by atoms with Crippen molar-refractivity contribution in [3.63, 3.8) is 0 Å². The van der Waals surface area contributed by atoms with Gasteiger partial charge in [-0.2, -0.15) is 0 Å². The van der Waals surface area contributed by atoms with Gasteiger partial charge in [-0.25, -0.2) is 4.98 Å². The lowest BCUT2D eigenvalue weighted by molar-refractivity contribution is 0.0787. The van der Waals surface area contributed by atoms with Crippen LogP contribution < -0.4 is 5.32 Å². The summed E-state index contributed by atoms with van der Waals surface area (Å²) in [6.07, 6.45) is 2.95. The lowest BCUT2D eigenvalue weighted by atomic mass is 10.2. The molecule has 1 aromatic heterocycles. The summed E-state index contributed by atoms with van der Waals surface area (Å²) in [6.45, 7) is 5.84. The molecule has 1 fully saturated rings. The van der Waals surface area contributed by atoms with Gasteiger partial charge in [-0.05, 0) is 37.3 Å². The second-order valence-corrected chi connectivity index (χ2v) is 5.09. The monoisotopic (exact) mass is 247 g/mol. The third kappa shape index (κ3) is 2.81. The molecule has 1 saturated carbocycles. The molecule has 4 nitrogen and oxygen atoms in total. The standard InChI is InChI=1S/C14H21N3O/c1-4-15-13-12(6-5-7-16-13)14(18)17(3)9-11-8-10(11)2/h5-7,10-11H,4,8-9H2,1-3H3,(H,15,16). The number of nitrogens with zero attached hydrogens (tertiary/aromatic N) is 2. The quantitative estimate of drug-likeness (QED) is 0.868. The van der Waals surface area contributed by atoms with E-state index < -0.39 is 0 Å². The van der Waals surface area contributed by atoms with E-state index in [1.165, 1.54) is 6.42 Å². The Balaban J connectivity index is 2.07. The minimum Gasteiger partial charge on any atom is -0.370 e. The van der Waals surface area contributed by atoms with E-state index in [2.05, 4.69) is 17.2 Å². The third-order valence-electron chi connectivity index (χ3n) is 3.51. The Morgan fingerprint density at radius 1 is 1.61 bits per heavy atom. The molecule has 1 heterocycles. The van der Waals surface area contributed by atoms with E-state index in [9.17, 15) is 4.79 Å². The summed E-state index contributed by atoms with van der Waals surface area (Å²) in [7, 11) is 1.87. The zero-order valence-corrected chi connectivity index (χ0v) is 11.3. The Morgan fingerprint density at radius 3 is 2.94 bits per heavy atom. The molecule has 0 saturated heterocycles. The number of carbonyl (C=O) groups excluding carboxylic acids is 1. The first-order chi connectivity index (χ1) is 8.63. The van der Waals surface area contributed by atoms with Crippen molar-refractivity contribution >= 4 is 11.7 Å². The number of hydrogen-bond acceptors (Lipinski definition) is 3. The average molecular weight is 247 g/mol. The minimum atomic E-state index is 0.0538. The van der Waals surface area contributed by atoms with Crippen molar-refractivity contribution in [3.05, 3.63) is 23.9 Å². The molecule has 1 aliphatic carbocycles. The normalized spacial score (nSPS) is 21.5. The summed E-state index contributed by atoms with van der Waals surface area (Å²) >= 11 is 0. The molecule has 2 atom stereocenters. The lowest BCUT2D eigenvalue weighted by Gasteiger charge is -2.18. The Hall–Kier alpha value is -1.58. The first kappa shape index (κ1) is 12.9. The number of nitrogens with one attached hydrogen (secondary N) is 1. The highest BCUT2D eigenvalue weighted by Gasteiger charge is 2.34. The topological polar surface area (TPSA) is 45.2 Å². The van der Waals surface area contributed by atoms with Crippen molar-refractivity contribution in [2.45, 2.75) is 20.3 Å². The molecule has 0 bridgehead atoms. The van der Waals surface area contributed by atoms with Gasteiger partial charge < -0.3 is 10.2 Å². The van der Waals surface area contributed by atoms with Gasteiger partial charge in [-0.1, -0.05) is 6.92 Å².